The highest BCUT2D eigenvalue weighted by atomic mass is 16.4. The van der Waals surface area contributed by atoms with Crippen molar-refractivity contribution in [1.82, 2.24) is 25.5 Å². The number of unbranched alkanes of at least 4 members (excludes halogenated alkanes) is 1. The van der Waals surface area contributed by atoms with Crippen LogP contribution in [0.1, 0.15) is 59.4 Å². The molecule has 3 rings (SSSR count). The van der Waals surface area contributed by atoms with Crippen molar-refractivity contribution in [3.63, 3.8) is 0 Å². The molecular weight excluding hydrogens is 430 g/mol. The highest BCUT2D eigenvalue weighted by molar-refractivity contribution is 5.84. The van der Waals surface area contributed by atoms with Crippen molar-refractivity contribution in [3.8, 4) is 22.5 Å². The number of benzene rings is 2. The van der Waals surface area contributed by atoms with E-state index in [0.717, 1.165) is 35.1 Å². The Morgan fingerprint density at radius 3 is 2.21 bits per heavy atom. The zero-order valence-electron chi connectivity index (χ0n) is 20.7. The number of aromatic amines is 1. The Morgan fingerprint density at radius 2 is 1.68 bits per heavy atom. The fourth-order valence-electron chi connectivity index (χ4n) is 3.78. The van der Waals surface area contributed by atoms with Gasteiger partial charge in [0.15, 0.2) is 0 Å². The van der Waals surface area contributed by atoms with Gasteiger partial charge in [0.05, 0.1) is 0 Å². The van der Waals surface area contributed by atoms with Crippen molar-refractivity contribution < 1.29 is 14.7 Å². The topological polar surface area (TPSA) is 112 Å². The number of aliphatic carboxylic acids is 1. The third kappa shape index (κ3) is 6.73. The van der Waals surface area contributed by atoms with Crippen LogP contribution in [0.2, 0.25) is 0 Å². The van der Waals surface area contributed by atoms with Gasteiger partial charge < -0.3 is 10.0 Å². The molecule has 0 radical (unpaired) electrons. The van der Waals surface area contributed by atoms with Crippen LogP contribution in [-0.2, 0) is 16.1 Å². The lowest BCUT2D eigenvalue weighted by molar-refractivity contribution is -0.153. The number of rotatable bonds is 10. The molecule has 1 aromatic heterocycles. The van der Waals surface area contributed by atoms with Crippen LogP contribution in [0, 0.1) is 5.92 Å². The molecule has 1 amide bonds. The average molecular weight is 466 g/mol. The van der Waals surface area contributed by atoms with E-state index in [9.17, 15) is 14.7 Å². The minimum Gasteiger partial charge on any atom is -0.480 e. The number of aromatic nitrogens is 4. The van der Waals surface area contributed by atoms with Gasteiger partial charge in [0, 0.05) is 18.5 Å². The van der Waals surface area contributed by atoms with E-state index in [1.165, 1.54) is 4.90 Å². The summed E-state index contributed by atoms with van der Waals surface area (Å²) < 4.78 is 0. The van der Waals surface area contributed by atoms with Gasteiger partial charge in [0.25, 0.3) is 0 Å². The first kappa shape index (κ1) is 26.7. The Bertz CT molecular complexity index is 1030. The molecule has 0 saturated heterocycles. The summed E-state index contributed by atoms with van der Waals surface area (Å²) in [6.07, 6.45) is 1.97. The van der Waals surface area contributed by atoms with Crippen LogP contribution in [0.3, 0.4) is 0 Å². The predicted octanol–water partition coefficient (Wildman–Crippen LogP) is 5.19. The molecular formula is C26H35N5O3. The van der Waals surface area contributed by atoms with Crippen molar-refractivity contribution in [2.24, 2.45) is 5.92 Å². The van der Waals surface area contributed by atoms with Gasteiger partial charge in [-0.15, -0.1) is 10.2 Å². The van der Waals surface area contributed by atoms with Crippen molar-refractivity contribution in [3.05, 3.63) is 54.1 Å². The molecule has 0 unspecified atom stereocenters. The normalized spacial score (nSPS) is 11.5. The Morgan fingerprint density at radius 1 is 1.03 bits per heavy atom. The number of nitrogens with one attached hydrogen (secondary N) is 1. The molecule has 182 valence electrons. The first-order chi connectivity index (χ1) is 16.4. The molecule has 2 N–H and O–H groups in total. The summed E-state index contributed by atoms with van der Waals surface area (Å²) in [6.45, 7) is 9.93. The molecule has 0 bridgehead atoms. The molecule has 1 heterocycles. The molecule has 0 saturated carbocycles. The third-order valence-corrected chi connectivity index (χ3v) is 5.42. The fraction of sp³-hybridized carbons (Fsp3) is 0.423. The zero-order valence-corrected chi connectivity index (χ0v) is 20.7. The van der Waals surface area contributed by atoms with Crippen LogP contribution in [0.5, 0.6) is 0 Å². The maximum atomic E-state index is 12.9. The second-order valence-electron chi connectivity index (χ2n) is 8.13. The number of hydrogen-bond acceptors (Lipinski definition) is 5. The number of hydrogen-bond donors (Lipinski definition) is 2. The monoisotopic (exact) mass is 465 g/mol. The number of nitrogens with zero attached hydrogens (tertiary/aromatic N) is 4. The van der Waals surface area contributed by atoms with E-state index in [0.29, 0.717) is 12.2 Å². The number of carboxylic acids is 1. The molecule has 8 nitrogen and oxygen atoms in total. The molecule has 8 heteroatoms. The van der Waals surface area contributed by atoms with Crippen LogP contribution in [0.15, 0.2) is 48.5 Å². The number of carbonyl (C=O) groups is 2. The summed E-state index contributed by atoms with van der Waals surface area (Å²) in [5.74, 6) is -0.784. The first-order valence-corrected chi connectivity index (χ1v) is 11.9. The number of carboxylic acid groups (broad SMARTS) is 1. The lowest BCUT2D eigenvalue weighted by Gasteiger charge is -2.32. The summed E-state index contributed by atoms with van der Waals surface area (Å²) in [6, 6.07) is 14.7. The Balaban J connectivity index is 0.00000199. The van der Waals surface area contributed by atoms with Crippen LogP contribution in [-0.4, -0.2) is 48.5 Å². The van der Waals surface area contributed by atoms with Crippen LogP contribution >= 0.6 is 0 Å². The third-order valence-electron chi connectivity index (χ3n) is 5.42. The molecule has 2 aromatic carbocycles. The quantitative estimate of drug-likeness (QED) is 0.426. The van der Waals surface area contributed by atoms with Crippen molar-refractivity contribution in [1.29, 1.82) is 0 Å². The van der Waals surface area contributed by atoms with Gasteiger partial charge in [0.2, 0.25) is 11.7 Å². The van der Waals surface area contributed by atoms with Gasteiger partial charge in [-0.25, -0.2) is 4.79 Å². The summed E-state index contributed by atoms with van der Waals surface area (Å²) in [5.41, 5.74) is 3.66. The van der Waals surface area contributed by atoms with Gasteiger partial charge in [-0.3, -0.25) is 4.79 Å². The lowest BCUT2D eigenvalue weighted by Crippen LogP contribution is -2.47. The van der Waals surface area contributed by atoms with Gasteiger partial charge in [-0.1, -0.05) is 89.6 Å². The molecule has 0 fully saturated rings. The van der Waals surface area contributed by atoms with E-state index in [2.05, 4.69) is 20.6 Å². The maximum Gasteiger partial charge on any atom is 0.326 e. The summed E-state index contributed by atoms with van der Waals surface area (Å²) in [4.78, 5) is 26.3. The van der Waals surface area contributed by atoms with Gasteiger partial charge in [0.1, 0.15) is 6.04 Å². The molecule has 1 atom stereocenters. The fourth-order valence-corrected chi connectivity index (χ4v) is 3.78. The van der Waals surface area contributed by atoms with Gasteiger partial charge >= 0.3 is 5.97 Å². The molecule has 0 aliphatic heterocycles. The van der Waals surface area contributed by atoms with Gasteiger partial charge in [-0.05, 0) is 34.2 Å². The van der Waals surface area contributed by atoms with E-state index in [-0.39, 0.29) is 18.4 Å². The van der Waals surface area contributed by atoms with Crippen LogP contribution in [0.25, 0.3) is 22.5 Å². The van der Waals surface area contributed by atoms with Gasteiger partial charge in [-0.2, -0.15) is 5.21 Å². The first-order valence-electron chi connectivity index (χ1n) is 11.9. The summed E-state index contributed by atoms with van der Waals surface area (Å²) in [7, 11) is 0. The lowest BCUT2D eigenvalue weighted by atomic mass is 9.97. The number of H-pyrrole nitrogens is 1. The van der Waals surface area contributed by atoms with Crippen molar-refractivity contribution in [2.45, 2.75) is 66.5 Å². The minimum atomic E-state index is -0.976. The Kier molecular flexibility index (Phi) is 10.4. The van der Waals surface area contributed by atoms with Crippen molar-refractivity contribution >= 4 is 11.9 Å². The molecule has 0 spiro atoms. The van der Waals surface area contributed by atoms with E-state index in [1.54, 1.807) is 0 Å². The number of tetrazole rings is 1. The largest absolute Gasteiger partial charge is 0.480 e. The molecule has 34 heavy (non-hydrogen) atoms. The molecule has 0 aliphatic carbocycles. The molecule has 3 aromatic rings. The van der Waals surface area contributed by atoms with E-state index in [1.807, 2.05) is 83.1 Å². The number of amides is 1. The molecule has 0 aliphatic rings. The Labute approximate surface area is 201 Å². The van der Waals surface area contributed by atoms with Crippen LogP contribution < -0.4 is 0 Å². The zero-order chi connectivity index (χ0) is 25.1. The highest BCUT2D eigenvalue weighted by Gasteiger charge is 2.32. The van der Waals surface area contributed by atoms with E-state index >= 15 is 0 Å². The van der Waals surface area contributed by atoms with E-state index in [4.69, 9.17) is 0 Å². The standard InChI is InChI=1S/C24H29N5O3.C2H6/c1-4-5-10-21(30)29(22(16(2)3)24(31)32)15-17-11-13-18(14-12-17)19-8-6-7-9-20(19)23-25-27-28-26-23;1-2/h6-9,11-14,16,22H,4-5,10,15H2,1-3H3,(H,31,32)(H,25,26,27,28);1-2H3/t22-;/m0./s1. The van der Waals surface area contributed by atoms with Crippen molar-refractivity contribution in [2.75, 3.05) is 0 Å². The average Bonchev–Trinajstić information content (AvgIpc) is 3.38. The minimum absolute atomic E-state index is 0.125. The highest BCUT2D eigenvalue weighted by Crippen LogP contribution is 2.30. The summed E-state index contributed by atoms with van der Waals surface area (Å²) in [5, 5.41) is 24.0. The second kappa shape index (κ2) is 13.2. The predicted molar refractivity (Wildman–Crippen MR) is 133 cm³/mol. The smallest absolute Gasteiger partial charge is 0.326 e. The second-order valence-corrected chi connectivity index (χ2v) is 8.13. The maximum absolute atomic E-state index is 12.9. The Hall–Kier alpha value is -3.55. The van der Waals surface area contributed by atoms with Crippen LogP contribution in [0.4, 0.5) is 0 Å². The SMILES string of the molecule is CC.CCCCC(=O)N(Cc1ccc(-c2ccccc2-c2nn[nH]n2)cc1)[C@H](C(=O)O)C(C)C. The van der Waals surface area contributed by atoms with E-state index < -0.39 is 12.0 Å². The number of carbonyl (C=O) groups excluding carboxylic acids is 1. The summed E-state index contributed by atoms with van der Waals surface area (Å²) >= 11 is 0.